The summed E-state index contributed by atoms with van der Waals surface area (Å²) in [5, 5.41) is 5.65. The first-order valence-electron chi connectivity index (χ1n) is 9.15. The zero-order chi connectivity index (χ0) is 19.2. The van der Waals surface area contributed by atoms with Crippen LogP contribution in [0.15, 0.2) is 48.5 Å². The number of rotatable bonds is 5. The minimum absolute atomic E-state index is 0.0214. The number of piperidine rings is 1. The van der Waals surface area contributed by atoms with Crippen molar-refractivity contribution in [3.8, 4) is 0 Å². The molecule has 0 radical (unpaired) electrons. The molecular formula is C21H24FN3O2. The number of carbonyl (C=O) groups excluding carboxylic acids is 2. The first kappa shape index (κ1) is 19.0. The van der Waals surface area contributed by atoms with Crippen LogP contribution in [-0.4, -0.2) is 36.3 Å². The van der Waals surface area contributed by atoms with Gasteiger partial charge in [0.25, 0.3) is 0 Å². The van der Waals surface area contributed by atoms with Gasteiger partial charge < -0.3 is 10.6 Å². The van der Waals surface area contributed by atoms with Gasteiger partial charge in [-0.1, -0.05) is 24.3 Å². The highest BCUT2D eigenvalue weighted by atomic mass is 19.1. The van der Waals surface area contributed by atoms with E-state index in [1.54, 1.807) is 19.1 Å². The standard InChI is InChI=1S/C21H24FN3O2/c1-15-9-10-18(12-19(15)22)23-20(26)14-25-11-5-6-16(13-25)21(27)24-17-7-3-2-4-8-17/h2-4,7-10,12,16H,5-6,11,13-14H2,1H3,(H,23,26)(H,24,27)/t16-/m0/s1. The molecule has 1 fully saturated rings. The van der Waals surface area contributed by atoms with Gasteiger partial charge in [0.1, 0.15) is 5.82 Å². The van der Waals surface area contributed by atoms with Crippen molar-refractivity contribution in [1.29, 1.82) is 0 Å². The van der Waals surface area contributed by atoms with E-state index in [4.69, 9.17) is 0 Å². The van der Waals surface area contributed by atoms with Crippen molar-refractivity contribution in [1.82, 2.24) is 4.90 Å². The molecule has 2 amide bonds. The molecular weight excluding hydrogens is 345 g/mol. The highest BCUT2D eigenvalue weighted by molar-refractivity contribution is 5.93. The zero-order valence-electron chi connectivity index (χ0n) is 15.4. The van der Waals surface area contributed by atoms with E-state index in [1.165, 1.54) is 6.07 Å². The second-order valence-electron chi connectivity index (χ2n) is 6.94. The number of benzene rings is 2. The summed E-state index contributed by atoms with van der Waals surface area (Å²) in [4.78, 5) is 26.7. The summed E-state index contributed by atoms with van der Waals surface area (Å²) in [6, 6.07) is 14.0. The average Bonchev–Trinajstić information content (AvgIpc) is 2.66. The molecule has 2 N–H and O–H groups in total. The summed E-state index contributed by atoms with van der Waals surface area (Å²) >= 11 is 0. The number of nitrogens with zero attached hydrogens (tertiary/aromatic N) is 1. The van der Waals surface area contributed by atoms with Crippen molar-refractivity contribution in [3.05, 3.63) is 59.9 Å². The molecule has 1 heterocycles. The molecule has 1 aliphatic rings. The highest BCUT2D eigenvalue weighted by Gasteiger charge is 2.26. The van der Waals surface area contributed by atoms with Crippen LogP contribution in [0.3, 0.4) is 0 Å². The Balaban J connectivity index is 1.52. The number of anilines is 2. The number of hydrogen-bond donors (Lipinski definition) is 2. The fourth-order valence-electron chi connectivity index (χ4n) is 3.25. The maximum atomic E-state index is 13.6. The van der Waals surface area contributed by atoms with E-state index >= 15 is 0 Å². The second-order valence-corrected chi connectivity index (χ2v) is 6.94. The first-order valence-corrected chi connectivity index (χ1v) is 9.15. The fraction of sp³-hybridized carbons (Fsp3) is 0.333. The summed E-state index contributed by atoms with van der Waals surface area (Å²) in [6.45, 7) is 3.17. The van der Waals surface area contributed by atoms with E-state index < -0.39 is 0 Å². The monoisotopic (exact) mass is 369 g/mol. The lowest BCUT2D eigenvalue weighted by molar-refractivity contribution is -0.123. The number of likely N-dealkylation sites (tertiary alicyclic amines) is 1. The lowest BCUT2D eigenvalue weighted by atomic mass is 9.97. The molecule has 0 spiro atoms. The Morgan fingerprint density at radius 1 is 1.11 bits per heavy atom. The Bertz CT molecular complexity index is 810. The predicted molar refractivity (Wildman–Crippen MR) is 104 cm³/mol. The molecule has 142 valence electrons. The van der Waals surface area contributed by atoms with Crippen LogP contribution in [0.2, 0.25) is 0 Å². The molecule has 6 heteroatoms. The molecule has 0 saturated carbocycles. The maximum absolute atomic E-state index is 13.6. The van der Waals surface area contributed by atoms with Crippen LogP contribution in [0.4, 0.5) is 15.8 Å². The number of halogens is 1. The SMILES string of the molecule is Cc1ccc(NC(=O)CN2CCC[C@H](C(=O)Nc3ccccc3)C2)cc1F. The fourth-order valence-corrected chi connectivity index (χ4v) is 3.25. The molecule has 1 saturated heterocycles. The molecule has 1 atom stereocenters. The molecule has 0 bridgehead atoms. The zero-order valence-corrected chi connectivity index (χ0v) is 15.4. The third-order valence-corrected chi connectivity index (χ3v) is 4.74. The van der Waals surface area contributed by atoms with Crippen molar-refractivity contribution in [3.63, 3.8) is 0 Å². The van der Waals surface area contributed by atoms with Gasteiger partial charge >= 0.3 is 0 Å². The quantitative estimate of drug-likeness (QED) is 0.849. The van der Waals surface area contributed by atoms with Gasteiger partial charge in [0.2, 0.25) is 11.8 Å². The van der Waals surface area contributed by atoms with E-state index in [1.807, 2.05) is 35.2 Å². The van der Waals surface area contributed by atoms with Crippen molar-refractivity contribution >= 4 is 23.2 Å². The highest BCUT2D eigenvalue weighted by Crippen LogP contribution is 2.19. The van der Waals surface area contributed by atoms with Crippen molar-refractivity contribution in [2.45, 2.75) is 19.8 Å². The molecule has 0 aliphatic carbocycles. The third-order valence-electron chi connectivity index (χ3n) is 4.74. The molecule has 0 unspecified atom stereocenters. The van der Waals surface area contributed by atoms with Gasteiger partial charge in [-0.25, -0.2) is 4.39 Å². The van der Waals surface area contributed by atoms with Gasteiger partial charge in [0.15, 0.2) is 0 Å². The van der Waals surface area contributed by atoms with Crippen LogP contribution in [0.5, 0.6) is 0 Å². The summed E-state index contributed by atoms with van der Waals surface area (Å²) in [6.07, 6.45) is 1.67. The summed E-state index contributed by atoms with van der Waals surface area (Å²) < 4.78 is 13.6. The van der Waals surface area contributed by atoms with E-state index in [2.05, 4.69) is 10.6 Å². The van der Waals surface area contributed by atoms with Crippen LogP contribution in [-0.2, 0) is 9.59 Å². The summed E-state index contributed by atoms with van der Waals surface area (Å²) in [7, 11) is 0. The number of hydrogen-bond acceptors (Lipinski definition) is 3. The van der Waals surface area contributed by atoms with E-state index in [9.17, 15) is 14.0 Å². The van der Waals surface area contributed by atoms with Gasteiger partial charge in [0, 0.05) is 17.9 Å². The number of aryl methyl sites for hydroxylation is 1. The number of nitrogens with one attached hydrogen (secondary N) is 2. The van der Waals surface area contributed by atoms with Gasteiger partial charge in [-0.3, -0.25) is 14.5 Å². The lowest BCUT2D eigenvalue weighted by Gasteiger charge is -2.31. The lowest BCUT2D eigenvalue weighted by Crippen LogP contribution is -2.44. The Kier molecular flexibility index (Phi) is 6.19. The van der Waals surface area contributed by atoms with Crippen LogP contribution >= 0.6 is 0 Å². The first-order chi connectivity index (χ1) is 13.0. The van der Waals surface area contributed by atoms with E-state index in [0.29, 0.717) is 17.8 Å². The molecule has 5 nitrogen and oxygen atoms in total. The van der Waals surface area contributed by atoms with E-state index in [0.717, 1.165) is 25.1 Å². The van der Waals surface area contributed by atoms with Gasteiger partial charge in [0.05, 0.1) is 12.5 Å². The van der Waals surface area contributed by atoms with Crippen LogP contribution in [0.25, 0.3) is 0 Å². The molecule has 1 aliphatic heterocycles. The molecule has 3 rings (SSSR count). The van der Waals surface area contributed by atoms with Crippen LogP contribution < -0.4 is 10.6 Å². The molecule has 2 aromatic carbocycles. The largest absolute Gasteiger partial charge is 0.326 e. The van der Waals surface area contributed by atoms with Crippen LogP contribution in [0.1, 0.15) is 18.4 Å². The third kappa shape index (κ3) is 5.37. The predicted octanol–water partition coefficient (Wildman–Crippen LogP) is 3.42. The second kappa shape index (κ2) is 8.77. The van der Waals surface area contributed by atoms with E-state index in [-0.39, 0.29) is 30.1 Å². The van der Waals surface area contributed by atoms with Crippen LogP contribution in [0, 0.1) is 18.7 Å². The normalized spacial score (nSPS) is 17.3. The van der Waals surface area contributed by atoms with Crippen molar-refractivity contribution < 1.29 is 14.0 Å². The van der Waals surface area contributed by atoms with Gasteiger partial charge in [-0.05, 0) is 56.1 Å². The number of carbonyl (C=O) groups is 2. The smallest absolute Gasteiger partial charge is 0.238 e. The number of para-hydroxylation sites is 1. The minimum atomic E-state index is -0.344. The minimum Gasteiger partial charge on any atom is -0.326 e. The summed E-state index contributed by atoms with van der Waals surface area (Å²) in [5.74, 6) is -0.721. The van der Waals surface area contributed by atoms with Gasteiger partial charge in [-0.2, -0.15) is 0 Å². The molecule has 2 aromatic rings. The maximum Gasteiger partial charge on any atom is 0.238 e. The number of amides is 2. The Hall–Kier alpha value is -2.73. The Morgan fingerprint density at radius 3 is 2.63 bits per heavy atom. The molecule has 27 heavy (non-hydrogen) atoms. The Labute approximate surface area is 158 Å². The molecule has 0 aromatic heterocycles. The van der Waals surface area contributed by atoms with Gasteiger partial charge in [-0.15, -0.1) is 0 Å². The van der Waals surface area contributed by atoms with Crippen molar-refractivity contribution in [2.24, 2.45) is 5.92 Å². The van der Waals surface area contributed by atoms with Crippen molar-refractivity contribution in [2.75, 3.05) is 30.3 Å². The Morgan fingerprint density at radius 2 is 1.89 bits per heavy atom. The average molecular weight is 369 g/mol. The summed E-state index contributed by atoms with van der Waals surface area (Å²) in [5.41, 5.74) is 1.76. The topological polar surface area (TPSA) is 61.4 Å².